The van der Waals surface area contributed by atoms with Gasteiger partial charge in [0.05, 0.1) is 13.2 Å². The lowest BCUT2D eigenvalue weighted by atomic mass is 9.98. The van der Waals surface area contributed by atoms with Gasteiger partial charge in [0.25, 0.3) is 0 Å². The molecule has 314 valence electrons. The quantitative estimate of drug-likeness (QED) is 0.0300. The molecule has 0 spiro atoms. The fourth-order valence-corrected chi connectivity index (χ4v) is 5.26. The summed E-state index contributed by atoms with van der Waals surface area (Å²) in [4.78, 5) is 94.7. The van der Waals surface area contributed by atoms with E-state index in [0.29, 0.717) is 5.56 Å². The molecule has 0 unspecified atom stereocenters. The Hall–Kier alpha value is -5.37. The van der Waals surface area contributed by atoms with E-state index in [9.17, 15) is 48.2 Å². The predicted molar refractivity (Wildman–Crippen MR) is 205 cm³/mol. The van der Waals surface area contributed by atoms with Crippen molar-refractivity contribution in [3.05, 3.63) is 35.6 Å². The number of halogens is 1. The highest BCUT2D eigenvalue weighted by Crippen LogP contribution is 2.11. The third-order valence-corrected chi connectivity index (χ3v) is 8.36. The summed E-state index contributed by atoms with van der Waals surface area (Å²) in [6.07, 6.45) is 0.236. The number of nitrogens with one attached hydrogen (secondary N) is 6. The van der Waals surface area contributed by atoms with Crippen molar-refractivity contribution in [1.29, 1.82) is 0 Å². The number of hydrogen-bond donors (Lipinski definition) is 11. The third-order valence-electron chi connectivity index (χ3n) is 8.36. The predicted octanol–water partition coefficient (Wildman–Crippen LogP) is -2.28. The molecule has 0 heterocycles. The average Bonchev–Trinajstić information content (AvgIpc) is 3.11. The van der Waals surface area contributed by atoms with Crippen molar-refractivity contribution >= 4 is 47.4 Å². The first kappa shape index (κ1) is 48.6. The monoisotopic (exact) mass is 794 g/mol. The van der Waals surface area contributed by atoms with Crippen LogP contribution in [0.2, 0.25) is 0 Å². The van der Waals surface area contributed by atoms with Crippen LogP contribution in [0.15, 0.2) is 29.3 Å². The van der Waals surface area contributed by atoms with E-state index in [-0.39, 0.29) is 44.1 Å². The number of amides is 6. The second-order valence-corrected chi connectivity index (χ2v) is 14.5. The van der Waals surface area contributed by atoms with Crippen LogP contribution in [-0.2, 0) is 40.0 Å². The zero-order valence-electron chi connectivity index (χ0n) is 32.8. The number of carboxylic acid groups (broad SMARTS) is 1. The van der Waals surface area contributed by atoms with Crippen LogP contribution in [0, 0.1) is 23.6 Å². The molecule has 19 nitrogen and oxygen atoms in total. The molecule has 0 saturated carbocycles. The Balaban J connectivity index is 3.16. The van der Waals surface area contributed by atoms with Gasteiger partial charge in [0.15, 0.2) is 5.96 Å². The van der Waals surface area contributed by atoms with Crippen LogP contribution < -0.4 is 49.1 Å². The Morgan fingerprint density at radius 1 is 0.732 bits per heavy atom. The summed E-state index contributed by atoms with van der Waals surface area (Å²) in [6, 6.07) is -2.27. The molecule has 0 bridgehead atoms. The van der Waals surface area contributed by atoms with Crippen LogP contribution in [0.3, 0.4) is 0 Å². The SMILES string of the molecule is CC(C)C[C@H](NC(=O)CNC(=O)[C@H](Cc1ccc(F)cc1)NC(=O)[C@@H](NC(=O)[C@@H](NC(=O)[C@@H](N)CO)C(C)C)C(C)C)C(=O)N[C@@H](CCCN=C(N)N)C(=O)O. The number of nitrogens with zero attached hydrogens (tertiary/aromatic N) is 1. The van der Waals surface area contributed by atoms with E-state index in [2.05, 4.69) is 36.9 Å². The third kappa shape index (κ3) is 17.8. The van der Waals surface area contributed by atoms with Gasteiger partial charge in [-0.1, -0.05) is 53.7 Å². The van der Waals surface area contributed by atoms with Gasteiger partial charge in [0.1, 0.15) is 42.1 Å². The van der Waals surface area contributed by atoms with E-state index >= 15 is 0 Å². The van der Waals surface area contributed by atoms with Crippen LogP contribution >= 0.6 is 0 Å². The van der Waals surface area contributed by atoms with E-state index in [1.807, 2.05) is 0 Å². The fraction of sp³-hybridized carbons (Fsp3) is 0.611. The van der Waals surface area contributed by atoms with E-state index < -0.39 is 108 Å². The number of carbonyl (C=O) groups excluding carboxylic acids is 6. The first-order valence-corrected chi connectivity index (χ1v) is 18.3. The summed E-state index contributed by atoms with van der Waals surface area (Å²) in [5.74, 6) is -7.72. The second-order valence-electron chi connectivity index (χ2n) is 14.5. The Labute approximate surface area is 325 Å². The van der Waals surface area contributed by atoms with Crippen LogP contribution in [0.25, 0.3) is 0 Å². The molecule has 14 N–H and O–H groups in total. The molecule has 0 aliphatic rings. The van der Waals surface area contributed by atoms with Crippen molar-refractivity contribution in [1.82, 2.24) is 31.9 Å². The first-order chi connectivity index (χ1) is 26.2. The molecular weight excluding hydrogens is 735 g/mol. The van der Waals surface area contributed by atoms with Gasteiger partial charge in [0, 0.05) is 13.0 Å². The fourth-order valence-electron chi connectivity index (χ4n) is 5.26. The summed E-state index contributed by atoms with van der Waals surface area (Å²) >= 11 is 0. The van der Waals surface area contributed by atoms with Crippen molar-refractivity contribution < 1.29 is 48.2 Å². The number of aliphatic imine (C=N–C) groups is 1. The molecule has 0 aromatic heterocycles. The number of aliphatic hydroxyl groups excluding tert-OH is 1. The Morgan fingerprint density at radius 3 is 1.77 bits per heavy atom. The number of benzene rings is 1. The number of nitrogens with two attached hydrogens (primary N) is 3. The first-order valence-electron chi connectivity index (χ1n) is 18.3. The van der Waals surface area contributed by atoms with Crippen LogP contribution in [0.4, 0.5) is 4.39 Å². The summed E-state index contributed by atoms with van der Waals surface area (Å²) in [5.41, 5.74) is 16.6. The average molecular weight is 795 g/mol. The summed E-state index contributed by atoms with van der Waals surface area (Å²) in [6.45, 7) is 9.02. The zero-order chi connectivity index (χ0) is 42.7. The normalized spacial score (nSPS) is 14.4. The van der Waals surface area contributed by atoms with E-state index in [0.717, 1.165) is 0 Å². The summed E-state index contributed by atoms with van der Waals surface area (Å²) in [7, 11) is 0. The molecule has 1 aromatic carbocycles. The van der Waals surface area contributed by atoms with Crippen LogP contribution in [0.5, 0.6) is 0 Å². The maximum absolute atomic E-state index is 13.7. The molecular formula is C36H59FN10O9. The second kappa shape index (κ2) is 24.2. The number of rotatable bonds is 24. The molecule has 0 aliphatic heterocycles. The molecule has 1 aromatic rings. The Kier molecular flexibility index (Phi) is 21.0. The van der Waals surface area contributed by atoms with Gasteiger partial charge >= 0.3 is 5.97 Å². The molecule has 0 radical (unpaired) electrons. The van der Waals surface area contributed by atoms with Crippen molar-refractivity contribution in [2.45, 2.75) is 103 Å². The van der Waals surface area contributed by atoms with Crippen molar-refractivity contribution in [2.24, 2.45) is 39.9 Å². The van der Waals surface area contributed by atoms with Crippen LogP contribution in [-0.4, -0.2) is 114 Å². The van der Waals surface area contributed by atoms with Crippen LogP contribution in [0.1, 0.15) is 66.4 Å². The lowest BCUT2D eigenvalue weighted by Crippen LogP contribution is -2.60. The van der Waals surface area contributed by atoms with Gasteiger partial charge in [-0.3, -0.25) is 33.8 Å². The minimum absolute atomic E-state index is 0.00692. The molecule has 0 aliphatic carbocycles. The highest BCUT2D eigenvalue weighted by atomic mass is 19.1. The maximum atomic E-state index is 13.7. The minimum atomic E-state index is -1.34. The highest BCUT2D eigenvalue weighted by Gasteiger charge is 2.34. The number of carboxylic acids is 1. The number of aliphatic hydroxyl groups is 1. The van der Waals surface area contributed by atoms with Gasteiger partial charge in [-0.15, -0.1) is 0 Å². The van der Waals surface area contributed by atoms with Crippen molar-refractivity contribution in [3.63, 3.8) is 0 Å². The maximum Gasteiger partial charge on any atom is 0.326 e. The van der Waals surface area contributed by atoms with Crippen molar-refractivity contribution in [2.75, 3.05) is 19.7 Å². The standard InChI is InChI=1S/C36H59FN10O9/c1-18(2)14-25(32(52)44-24(35(55)56)8-7-13-41-36(39)40)43-27(49)16-42-31(51)26(15-21-9-11-22(37)12-10-21)45-33(53)28(19(3)4)47-34(54)29(20(5)6)46-30(50)23(38)17-48/h9-12,18-20,23-26,28-29,48H,7-8,13-17,38H2,1-6H3,(H,42,51)(H,43,49)(H,44,52)(H,45,53)(H,46,50)(H,47,54)(H,55,56)(H4,39,40,41)/t23-,24-,25-,26-,28-,29-/m0/s1. The molecule has 0 fully saturated rings. The Bertz CT molecular complexity index is 1520. The van der Waals surface area contributed by atoms with Gasteiger partial charge in [0.2, 0.25) is 35.4 Å². The molecule has 0 saturated heterocycles. The highest BCUT2D eigenvalue weighted by molar-refractivity contribution is 5.96. The van der Waals surface area contributed by atoms with Crippen molar-refractivity contribution in [3.8, 4) is 0 Å². The molecule has 6 amide bonds. The molecule has 20 heteroatoms. The smallest absolute Gasteiger partial charge is 0.326 e. The lowest BCUT2D eigenvalue weighted by molar-refractivity contribution is -0.142. The van der Waals surface area contributed by atoms with Gasteiger partial charge in [-0.25, -0.2) is 9.18 Å². The lowest BCUT2D eigenvalue weighted by Gasteiger charge is -2.29. The molecule has 6 atom stereocenters. The number of carbonyl (C=O) groups is 7. The largest absolute Gasteiger partial charge is 0.480 e. The summed E-state index contributed by atoms with van der Waals surface area (Å²) < 4.78 is 13.7. The topological polar surface area (TPSA) is 323 Å². The van der Waals surface area contributed by atoms with E-state index in [4.69, 9.17) is 17.2 Å². The molecule has 56 heavy (non-hydrogen) atoms. The molecule has 1 rings (SSSR count). The van der Waals surface area contributed by atoms with E-state index in [1.165, 1.54) is 24.3 Å². The number of guanidine groups is 1. The van der Waals surface area contributed by atoms with Gasteiger partial charge in [-0.05, 0) is 54.7 Å². The minimum Gasteiger partial charge on any atom is -0.480 e. The summed E-state index contributed by atoms with van der Waals surface area (Å²) in [5, 5.41) is 33.9. The van der Waals surface area contributed by atoms with Gasteiger partial charge < -0.3 is 59.3 Å². The Morgan fingerprint density at radius 2 is 1.27 bits per heavy atom. The van der Waals surface area contributed by atoms with Gasteiger partial charge in [-0.2, -0.15) is 0 Å². The number of aliphatic carboxylic acids is 1. The van der Waals surface area contributed by atoms with E-state index in [1.54, 1.807) is 41.5 Å². The zero-order valence-corrected chi connectivity index (χ0v) is 32.8. The number of hydrogen-bond acceptors (Lipinski definition) is 10.